The van der Waals surface area contributed by atoms with Crippen molar-refractivity contribution in [1.82, 2.24) is 5.32 Å². The van der Waals surface area contributed by atoms with Crippen LogP contribution in [0.3, 0.4) is 0 Å². The molecule has 0 heterocycles. The van der Waals surface area contributed by atoms with Gasteiger partial charge in [-0.05, 0) is 32.3 Å². The van der Waals surface area contributed by atoms with E-state index in [4.69, 9.17) is 5.73 Å². The Hall–Kier alpha value is -0.270. The van der Waals surface area contributed by atoms with Gasteiger partial charge >= 0.3 is 0 Å². The van der Waals surface area contributed by atoms with Crippen molar-refractivity contribution in [3.05, 3.63) is 0 Å². The van der Waals surface area contributed by atoms with E-state index in [2.05, 4.69) is 5.32 Å². The van der Waals surface area contributed by atoms with Crippen molar-refractivity contribution in [1.29, 1.82) is 0 Å². The van der Waals surface area contributed by atoms with Crippen LogP contribution in [0.5, 0.6) is 0 Å². The summed E-state index contributed by atoms with van der Waals surface area (Å²) in [5, 5.41) is 2.59. The van der Waals surface area contributed by atoms with Gasteiger partial charge in [-0.2, -0.15) is 11.8 Å². The molecule has 0 spiro atoms. The van der Waals surface area contributed by atoms with Gasteiger partial charge in [0, 0.05) is 12.8 Å². The van der Waals surface area contributed by atoms with Gasteiger partial charge in [-0.25, -0.2) is 8.42 Å². The van der Waals surface area contributed by atoms with E-state index in [0.29, 0.717) is 6.42 Å². The molecular formula is C10H22N2O3S2. The summed E-state index contributed by atoms with van der Waals surface area (Å²) in [4.78, 5) is 11.6. The standard InChI is InChI=1S/C10H22N2O3S2/c1-10(2,17(4,14)15)7-12-9(13)8(11)5-6-16-3/h8H,5-7,11H2,1-4H3,(H,12,13)/t8-/m1/s1. The fourth-order valence-corrected chi connectivity index (χ4v) is 1.76. The SMILES string of the molecule is CSCC[C@@H](N)C(=O)NCC(C)(C)S(C)(=O)=O. The van der Waals surface area contributed by atoms with Crippen molar-refractivity contribution in [2.75, 3.05) is 24.8 Å². The molecule has 0 bridgehead atoms. The summed E-state index contributed by atoms with van der Waals surface area (Å²) in [6.45, 7) is 3.24. The number of nitrogens with one attached hydrogen (secondary N) is 1. The maximum Gasteiger partial charge on any atom is 0.236 e. The molecule has 0 aromatic rings. The van der Waals surface area contributed by atoms with E-state index in [1.807, 2.05) is 6.26 Å². The largest absolute Gasteiger partial charge is 0.353 e. The molecule has 1 amide bonds. The highest BCUT2D eigenvalue weighted by Gasteiger charge is 2.31. The highest BCUT2D eigenvalue weighted by molar-refractivity contribution is 7.98. The van der Waals surface area contributed by atoms with Gasteiger partial charge in [-0.3, -0.25) is 4.79 Å². The average molecular weight is 282 g/mol. The first-order chi connectivity index (χ1) is 7.62. The zero-order valence-corrected chi connectivity index (χ0v) is 12.5. The third-order valence-electron chi connectivity index (χ3n) is 2.66. The summed E-state index contributed by atoms with van der Waals surface area (Å²) in [6.07, 6.45) is 3.69. The fourth-order valence-electron chi connectivity index (χ4n) is 0.938. The molecule has 7 heteroatoms. The second-order valence-electron chi connectivity index (χ2n) is 4.64. The maximum absolute atomic E-state index is 11.6. The van der Waals surface area contributed by atoms with Crippen molar-refractivity contribution in [2.24, 2.45) is 5.73 Å². The normalized spacial score (nSPS) is 14.4. The molecule has 0 aliphatic carbocycles. The molecule has 0 saturated carbocycles. The molecule has 0 aliphatic heterocycles. The summed E-state index contributed by atoms with van der Waals surface area (Å²) < 4.78 is 21.9. The van der Waals surface area contributed by atoms with E-state index in [1.165, 1.54) is 0 Å². The monoisotopic (exact) mass is 282 g/mol. The predicted octanol–water partition coefficient (Wildman–Crippen LogP) is 0.00620. The Labute approximate surface area is 108 Å². The van der Waals surface area contributed by atoms with E-state index in [0.717, 1.165) is 12.0 Å². The van der Waals surface area contributed by atoms with Gasteiger partial charge in [0.1, 0.15) is 0 Å². The van der Waals surface area contributed by atoms with Crippen LogP contribution in [0, 0.1) is 0 Å². The second-order valence-corrected chi connectivity index (χ2v) is 8.27. The minimum atomic E-state index is -3.20. The molecule has 0 unspecified atom stereocenters. The number of nitrogens with two attached hydrogens (primary N) is 1. The average Bonchev–Trinajstić information content (AvgIpc) is 2.20. The van der Waals surface area contributed by atoms with Crippen molar-refractivity contribution < 1.29 is 13.2 Å². The zero-order chi connectivity index (χ0) is 13.7. The van der Waals surface area contributed by atoms with E-state index in [-0.39, 0.29) is 12.5 Å². The summed E-state index contributed by atoms with van der Waals surface area (Å²) in [6, 6.07) is -0.571. The summed E-state index contributed by atoms with van der Waals surface area (Å²) in [5.74, 6) is 0.514. The van der Waals surface area contributed by atoms with Crippen molar-refractivity contribution in [3.63, 3.8) is 0 Å². The third kappa shape index (κ3) is 5.74. The third-order valence-corrected chi connectivity index (χ3v) is 5.46. The number of carbonyl (C=O) groups excluding carboxylic acids is 1. The lowest BCUT2D eigenvalue weighted by molar-refractivity contribution is -0.122. The Balaban J connectivity index is 4.25. The lowest BCUT2D eigenvalue weighted by atomic mass is 10.2. The van der Waals surface area contributed by atoms with Crippen LogP contribution >= 0.6 is 11.8 Å². The van der Waals surface area contributed by atoms with Crippen LogP contribution < -0.4 is 11.1 Å². The van der Waals surface area contributed by atoms with Gasteiger partial charge in [0.2, 0.25) is 5.91 Å². The highest BCUT2D eigenvalue weighted by atomic mass is 32.2. The molecule has 17 heavy (non-hydrogen) atoms. The Morgan fingerprint density at radius 2 is 2.00 bits per heavy atom. The van der Waals surface area contributed by atoms with E-state index in [9.17, 15) is 13.2 Å². The molecule has 1 atom stereocenters. The Kier molecular flexibility index (Phi) is 6.50. The van der Waals surface area contributed by atoms with Crippen LogP contribution in [0.1, 0.15) is 20.3 Å². The van der Waals surface area contributed by atoms with Crippen molar-refractivity contribution >= 4 is 27.5 Å². The van der Waals surface area contributed by atoms with Crippen LogP contribution in [0.15, 0.2) is 0 Å². The zero-order valence-electron chi connectivity index (χ0n) is 10.8. The smallest absolute Gasteiger partial charge is 0.236 e. The minimum absolute atomic E-state index is 0.0810. The predicted molar refractivity (Wildman–Crippen MR) is 72.9 cm³/mol. The molecule has 0 fully saturated rings. The van der Waals surface area contributed by atoms with Crippen LogP contribution in [0.2, 0.25) is 0 Å². The Morgan fingerprint density at radius 3 is 2.41 bits per heavy atom. The van der Waals surface area contributed by atoms with Crippen molar-refractivity contribution in [2.45, 2.75) is 31.1 Å². The first-order valence-electron chi connectivity index (χ1n) is 5.33. The van der Waals surface area contributed by atoms with Crippen LogP contribution in [-0.4, -0.2) is 49.9 Å². The van der Waals surface area contributed by atoms with E-state index in [1.54, 1.807) is 25.6 Å². The first kappa shape index (κ1) is 16.7. The molecule has 0 aromatic carbocycles. The topological polar surface area (TPSA) is 89.3 Å². The van der Waals surface area contributed by atoms with Gasteiger partial charge in [0.15, 0.2) is 9.84 Å². The lowest BCUT2D eigenvalue weighted by Gasteiger charge is -2.23. The Morgan fingerprint density at radius 1 is 1.47 bits per heavy atom. The maximum atomic E-state index is 11.6. The van der Waals surface area contributed by atoms with Gasteiger partial charge in [-0.1, -0.05) is 0 Å². The van der Waals surface area contributed by atoms with E-state index < -0.39 is 20.6 Å². The molecule has 0 aliphatic rings. The number of rotatable bonds is 7. The molecular weight excluding hydrogens is 260 g/mol. The van der Waals surface area contributed by atoms with Crippen LogP contribution in [-0.2, 0) is 14.6 Å². The van der Waals surface area contributed by atoms with Gasteiger partial charge in [-0.15, -0.1) is 0 Å². The number of hydrogen-bond acceptors (Lipinski definition) is 5. The fraction of sp³-hybridized carbons (Fsp3) is 0.900. The number of hydrogen-bond donors (Lipinski definition) is 2. The van der Waals surface area contributed by atoms with Crippen LogP contribution in [0.4, 0.5) is 0 Å². The van der Waals surface area contributed by atoms with Gasteiger partial charge in [0.05, 0.1) is 10.8 Å². The number of amides is 1. The molecule has 0 aromatic heterocycles. The number of carbonyl (C=O) groups is 1. The number of sulfone groups is 1. The first-order valence-corrected chi connectivity index (χ1v) is 8.62. The lowest BCUT2D eigenvalue weighted by Crippen LogP contribution is -2.48. The molecule has 5 nitrogen and oxygen atoms in total. The Bertz CT molecular complexity index is 353. The number of thioether (sulfide) groups is 1. The van der Waals surface area contributed by atoms with Gasteiger partial charge in [0.25, 0.3) is 0 Å². The van der Waals surface area contributed by atoms with E-state index >= 15 is 0 Å². The van der Waals surface area contributed by atoms with Gasteiger partial charge < -0.3 is 11.1 Å². The minimum Gasteiger partial charge on any atom is -0.353 e. The molecule has 0 rings (SSSR count). The molecule has 102 valence electrons. The summed E-state index contributed by atoms with van der Waals surface area (Å²) in [5.41, 5.74) is 5.67. The molecule has 0 radical (unpaired) electrons. The highest BCUT2D eigenvalue weighted by Crippen LogP contribution is 2.13. The molecule has 0 saturated heterocycles. The summed E-state index contributed by atoms with van der Waals surface area (Å²) >= 11 is 1.62. The molecule has 3 N–H and O–H groups in total. The van der Waals surface area contributed by atoms with Crippen LogP contribution in [0.25, 0.3) is 0 Å². The summed E-state index contributed by atoms with van der Waals surface area (Å²) in [7, 11) is -3.20. The van der Waals surface area contributed by atoms with Crippen molar-refractivity contribution in [3.8, 4) is 0 Å². The second kappa shape index (κ2) is 6.61. The quantitative estimate of drug-likeness (QED) is 0.686.